The first kappa shape index (κ1) is 24.5. The molecule has 8 heteroatoms. The smallest absolute Gasteiger partial charge is 0.481 e. The van der Waals surface area contributed by atoms with Crippen LogP contribution < -0.4 is 10.2 Å². The normalized spacial score (nSPS) is 18.2. The van der Waals surface area contributed by atoms with Crippen LogP contribution in [-0.2, 0) is 25.3 Å². The van der Waals surface area contributed by atoms with E-state index in [4.69, 9.17) is 18.8 Å². The fraction of sp³-hybridized carbons (Fsp3) is 0.542. The van der Waals surface area contributed by atoms with Gasteiger partial charge in [-0.05, 0) is 87.0 Å². The van der Waals surface area contributed by atoms with Gasteiger partial charge in [-0.2, -0.15) is 0 Å². The van der Waals surface area contributed by atoms with Crippen molar-refractivity contribution in [3.8, 4) is 5.75 Å². The molecule has 1 N–H and O–H groups in total. The number of carbonyl (C=O) groups is 1. The molecule has 6 nitrogen and oxygen atoms in total. The fourth-order valence-electron chi connectivity index (χ4n) is 3.95. The Hall–Kier alpha value is -2.16. The van der Waals surface area contributed by atoms with Crippen molar-refractivity contribution in [1.29, 1.82) is 0 Å². The van der Waals surface area contributed by atoms with Crippen LogP contribution in [0.15, 0.2) is 24.3 Å². The lowest BCUT2D eigenvalue weighted by atomic mass is 9.74. The number of fused-ring (bicyclic) bond motifs is 1. The zero-order chi connectivity index (χ0) is 23.7. The summed E-state index contributed by atoms with van der Waals surface area (Å²) in [6, 6.07) is 6.71. The Labute approximate surface area is 189 Å². The molecule has 0 aliphatic carbocycles. The molecule has 0 radical (unpaired) electrons. The van der Waals surface area contributed by atoms with Crippen LogP contribution in [0.5, 0.6) is 5.75 Å². The van der Waals surface area contributed by atoms with Gasteiger partial charge >= 0.3 is 13.1 Å². The predicted molar refractivity (Wildman–Crippen MR) is 122 cm³/mol. The maximum Gasteiger partial charge on any atom is 0.495 e. The van der Waals surface area contributed by atoms with E-state index in [0.717, 1.165) is 5.39 Å². The molecule has 0 saturated carbocycles. The Morgan fingerprint density at radius 1 is 1.19 bits per heavy atom. The van der Waals surface area contributed by atoms with Crippen LogP contribution in [0.2, 0.25) is 0 Å². The molecule has 3 rings (SSSR count). The van der Waals surface area contributed by atoms with Gasteiger partial charge < -0.3 is 23.9 Å². The van der Waals surface area contributed by atoms with Gasteiger partial charge in [-0.25, -0.2) is 4.39 Å². The van der Waals surface area contributed by atoms with E-state index >= 15 is 4.39 Å². The topological polar surface area (TPSA) is 74.2 Å². The Bertz CT molecular complexity index is 974. The van der Waals surface area contributed by atoms with Crippen LogP contribution in [0.4, 0.5) is 4.39 Å². The number of ether oxygens (including phenoxy) is 2. The first-order valence-corrected chi connectivity index (χ1v) is 11.0. The molecule has 1 aliphatic heterocycles. The van der Waals surface area contributed by atoms with E-state index in [9.17, 15) is 9.90 Å². The first-order valence-electron chi connectivity index (χ1n) is 11.0. The van der Waals surface area contributed by atoms with Gasteiger partial charge in [-0.15, -0.1) is 0 Å². The number of benzene rings is 2. The Morgan fingerprint density at radius 2 is 1.84 bits per heavy atom. The highest BCUT2D eigenvalue weighted by molar-refractivity contribution is 6.65. The number of aryl methyl sites for hydroxylation is 1. The van der Waals surface area contributed by atoms with Crippen molar-refractivity contribution >= 4 is 29.3 Å². The Balaban J connectivity index is 2.14. The molecule has 1 fully saturated rings. The van der Waals surface area contributed by atoms with Gasteiger partial charge in [0.2, 0.25) is 0 Å². The average molecular weight is 446 g/mol. The molecule has 1 heterocycles. The molecule has 0 aromatic heterocycles. The molecule has 0 spiro atoms. The van der Waals surface area contributed by atoms with Gasteiger partial charge in [0.1, 0.15) is 11.6 Å². The summed E-state index contributed by atoms with van der Waals surface area (Å²) in [4.78, 5) is 11.5. The van der Waals surface area contributed by atoms with Crippen LogP contribution in [0, 0.1) is 11.7 Å². The molecule has 0 amide bonds. The van der Waals surface area contributed by atoms with Gasteiger partial charge in [0.15, 0.2) is 6.79 Å². The van der Waals surface area contributed by atoms with E-state index in [0.29, 0.717) is 41.4 Å². The van der Waals surface area contributed by atoms with Gasteiger partial charge in [0.25, 0.3) is 0 Å². The summed E-state index contributed by atoms with van der Waals surface area (Å²) in [7, 11) is 0.812. The number of hydrogen-bond acceptors (Lipinski definition) is 5. The van der Waals surface area contributed by atoms with Gasteiger partial charge in [-0.3, -0.25) is 4.79 Å². The highest BCUT2D eigenvalue weighted by atomic mass is 19.1. The molecule has 1 aliphatic rings. The number of rotatable bonds is 9. The maximum absolute atomic E-state index is 15.1. The quantitative estimate of drug-likeness (QED) is 0.457. The van der Waals surface area contributed by atoms with E-state index in [1.165, 1.54) is 13.2 Å². The van der Waals surface area contributed by atoms with Crippen LogP contribution in [0.1, 0.15) is 53.0 Å². The van der Waals surface area contributed by atoms with Crippen molar-refractivity contribution in [2.75, 3.05) is 13.9 Å². The number of methoxy groups -OCH3 is 1. The van der Waals surface area contributed by atoms with E-state index in [1.807, 2.05) is 40.7 Å². The molecule has 32 heavy (non-hydrogen) atoms. The lowest BCUT2D eigenvalue weighted by Crippen LogP contribution is -2.41. The minimum Gasteiger partial charge on any atom is -0.481 e. The summed E-state index contributed by atoms with van der Waals surface area (Å²) in [6.07, 6.45) is 1.12. The third-order valence-electron chi connectivity index (χ3n) is 6.61. The second kappa shape index (κ2) is 9.37. The van der Waals surface area contributed by atoms with Crippen molar-refractivity contribution in [2.24, 2.45) is 5.92 Å². The Kier molecular flexibility index (Phi) is 7.17. The zero-order valence-electron chi connectivity index (χ0n) is 19.7. The molecule has 0 bridgehead atoms. The monoisotopic (exact) mass is 446 g/mol. The predicted octanol–water partition coefficient (Wildman–Crippen LogP) is 4.30. The summed E-state index contributed by atoms with van der Waals surface area (Å²) in [5.41, 5.74) is -0.0232. The van der Waals surface area contributed by atoms with Gasteiger partial charge in [0, 0.05) is 7.11 Å². The van der Waals surface area contributed by atoms with E-state index in [1.54, 1.807) is 12.1 Å². The summed E-state index contributed by atoms with van der Waals surface area (Å²) >= 11 is 0. The standard InChI is InChI=1S/C24H32BFO6/c1-7-15(22(27)28)8-10-18-20(26)11-9-16-12-17(30-14-29-6)13-19(21(16)18)25-31-23(2,3)24(4,5)32-25/h9,11-13,15H,7-8,10,14H2,1-6H3,(H,27,28). The second-order valence-electron chi connectivity index (χ2n) is 9.26. The zero-order valence-corrected chi connectivity index (χ0v) is 19.7. The lowest BCUT2D eigenvalue weighted by molar-refractivity contribution is -0.142. The van der Waals surface area contributed by atoms with Crippen molar-refractivity contribution in [2.45, 2.75) is 65.1 Å². The van der Waals surface area contributed by atoms with Crippen LogP contribution in [-0.4, -0.2) is 43.3 Å². The van der Waals surface area contributed by atoms with Crippen molar-refractivity contribution in [1.82, 2.24) is 0 Å². The fourth-order valence-corrected chi connectivity index (χ4v) is 3.95. The number of halogens is 1. The number of carboxylic acids is 1. The van der Waals surface area contributed by atoms with Gasteiger partial charge in [-0.1, -0.05) is 13.0 Å². The molecule has 2 aromatic carbocycles. The number of hydrogen-bond donors (Lipinski definition) is 1. The summed E-state index contributed by atoms with van der Waals surface area (Å²) in [5.74, 6) is -1.22. The first-order chi connectivity index (χ1) is 15.0. The number of aliphatic carboxylic acids is 1. The van der Waals surface area contributed by atoms with Crippen LogP contribution >= 0.6 is 0 Å². The lowest BCUT2D eigenvalue weighted by Gasteiger charge is -2.32. The average Bonchev–Trinajstić information content (AvgIpc) is 2.94. The summed E-state index contributed by atoms with van der Waals surface area (Å²) < 4.78 is 38.3. The number of carboxylic acid groups (broad SMARTS) is 1. The SMILES string of the molecule is CCC(CCc1c(F)ccc2cc(OCOC)cc(B3OC(C)(C)C(C)(C)O3)c12)C(=O)O. The van der Waals surface area contributed by atoms with Gasteiger partial charge in [0.05, 0.1) is 17.1 Å². The van der Waals surface area contributed by atoms with Crippen LogP contribution in [0.3, 0.4) is 0 Å². The maximum atomic E-state index is 15.1. The van der Waals surface area contributed by atoms with Crippen molar-refractivity contribution in [3.05, 3.63) is 35.6 Å². The summed E-state index contributed by atoms with van der Waals surface area (Å²) in [6.45, 7) is 9.73. The molecule has 2 aromatic rings. The minimum atomic E-state index is -0.866. The summed E-state index contributed by atoms with van der Waals surface area (Å²) in [5, 5.41) is 10.9. The molecule has 1 saturated heterocycles. The highest BCUT2D eigenvalue weighted by Crippen LogP contribution is 2.38. The van der Waals surface area contributed by atoms with Crippen molar-refractivity contribution < 1.29 is 33.1 Å². The Morgan fingerprint density at radius 3 is 2.41 bits per heavy atom. The molecular formula is C24H32BFO6. The van der Waals surface area contributed by atoms with Crippen LogP contribution in [0.25, 0.3) is 10.8 Å². The molecule has 1 unspecified atom stereocenters. The second-order valence-corrected chi connectivity index (χ2v) is 9.26. The largest absolute Gasteiger partial charge is 0.495 e. The van der Waals surface area contributed by atoms with Crippen molar-refractivity contribution in [3.63, 3.8) is 0 Å². The third-order valence-corrected chi connectivity index (χ3v) is 6.61. The molecular weight excluding hydrogens is 414 g/mol. The van der Waals surface area contributed by atoms with E-state index in [2.05, 4.69) is 0 Å². The van der Waals surface area contributed by atoms with E-state index < -0.39 is 30.2 Å². The molecule has 1 atom stereocenters. The highest BCUT2D eigenvalue weighted by Gasteiger charge is 2.52. The molecule has 174 valence electrons. The van der Waals surface area contributed by atoms with E-state index in [-0.39, 0.29) is 12.6 Å². The minimum absolute atomic E-state index is 0.0686. The third kappa shape index (κ3) is 4.77.